The highest BCUT2D eigenvalue weighted by atomic mass is 19.2. The van der Waals surface area contributed by atoms with E-state index in [-0.39, 0.29) is 30.8 Å². The first-order valence-corrected chi connectivity index (χ1v) is 7.94. The molecule has 1 fully saturated rings. The molecule has 0 amide bonds. The molecule has 1 aromatic carbocycles. The Morgan fingerprint density at radius 1 is 1.05 bits per heavy atom. The van der Waals surface area contributed by atoms with Gasteiger partial charge in [-0.2, -0.15) is 4.39 Å². The van der Waals surface area contributed by atoms with Gasteiger partial charge in [0.15, 0.2) is 11.6 Å². The number of benzene rings is 1. The number of aliphatic hydroxyl groups excluding tert-OH is 1. The molecule has 0 aliphatic heterocycles. The molecule has 0 unspecified atom stereocenters. The number of hydrogen-bond donors (Lipinski definition) is 1. The van der Waals surface area contributed by atoms with Crippen molar-refractivity contribution < 1.29 is 23.0 Å². The standard InChI is InChI=1S/C17H23F3O2/c18-9-1-2-10-22-15-8-7-14(16(19)17(15)20)13-5-3-12(11-21)4-6-13/h7-8,12-13,21H,1-6,9-11H2. The van der Waals surface area contributed by atoms with Crippen LogP contribution in [-0.4, -0.2) is 25.0 Å². The number of aliphatic hydroxyl groups is 1. The SMILES string of the molecule is OCC1CCC(c2ccc(OCCCCF)c(F)c2F)CC1. The molecule has 2 nitrogen and oxygen atoms in total. The molecule has 124 valence electrons. The third-order valence-electron chi connectivity index (χ3n) is 4.41. The van der Waals surface area contributed by atoms with Gasteiger partial charge in [0.25, 0.3) is 0 Å². The van der Waals surface area contributed by atoms with Gasteiger partial charge in [-0.3, -0.25) is 4.39 Å². The van der Waals surface area contributed by atoms with Gasteiger partial charge < -0.3 is 9.84 Å². The number of unbranched alkanes of at least 4 members (excludes halogenated alkanes) is 1. The van der Waals surface area contributed by atoms with Crippen molar-refractivity contribution in [2.24, 2.45) is 5.92 Å². The Kier molecular flexibility index (Phi) is 6.55. The van der Waals surface area contributed by atoms with E-state index in [9.17, 15) is 13.2 Å². The minimum absolute atomic E-state index is 0.00196. The van der Waals surface area contributed by atoms with Gasteiger partial charge in [0, 0.05) is 6.61 Å². The Labute approximate surface area is 129 Å². The minimum atomic E-state index is -0.956. The second-order valence-corrected chi connectivity index (χ2v) is 5.93. The van der Waals surface area contributed by atoms with Crippen molar-refractivity contribution in [1.29, 1.82) is 0 Å². The van der Waals surface area contributed by atoms with Crippen LogP contribution in [-0.2, 0) is 0 Å². The summed E-state index contributed by atoms with van der Waals surface area (Å²) >= 11 is 0. The third kappa shape index (κ3) is 4.15. The molecule has 1 aromatic rings. The fourth-order valence-electron chi connectivity index (χ4n) is 3.01. The Hall–Kier alpha value is -1.23. The number of hydrogen-bond acceptors (Lipinski definition) is 2. The van der Waals surface area contributed by atoms with Crippen LogP contribution in [0, 0.1) is 17.6 Å². The summed E-state index contributed by atoms with van der Waals surface area (Å²) < 4.78 is 45.4. The van der Waals surface area contributed by atoms with Crippen LogP contribution in [0.15, 0.2) is 12.1 Å². The number of alkyl halides is 1. The summed E-state index contributed by atoms with van der Waals surface area (Å²) in [5.74, 6) is -1.62. The van der Waals surface area contributed by atoms with Gasteiger partial charge >= 0.3 is 0 Å². The fraction of sp³-hybridized carbons (Fsp3) is 0.647. The first-order chi connectivity index (χ1) is 10.7. The number of ether oxygens (including phenoxy) is 1. The molecule has 0 heterocycles. The molecule has 2 rings (SSSR count). The quantitative estimate of drug-likeness (QED) is 0.757. The molecule has 22 heavy (non-hydrogen) atoms. The Balaban J connectivity index is 2.00. The van der Waals surface area contributed by atoms with Crippen LogP contribution in [0.4, 0.5) is 13.2 Å². The highest BCUT2D eigenvalue weighted by molar-refractivity contribution is 5.33. The van der Waals surface area contributed by atoms with E-state index in [1.807, 2.05) is 0 Å². The largest absolute Gasteiger partial charge is 0.490 e. The average Bonchev–Trinajstić information content (AvgIpc) is 2.55. The van der Waals surface area contributed by atoms with Crippen molar-refractivity contribution in [1.82, 2.24) is 0 Å². The molecule has 1 saturated carbocycles. The zero-order valence-corrected chi connectivity index (χ0v) is 12.7. The lowest BCUT2D eigenvalue weighted by atomic mass is 9.79. The first-order valence-electron chi connectivity index (χ1n) is 7.94. The molecule has 0 radical (unpaired) electrons. The highest BCUT2D eigenvalue weighted by Gasteiger charge is 2.26. The molecule has 1 aliphatic carbocycles. The average molecular weight is 316 g/mol. The maximum absolute atomic E-state index is 14.2. The lowest BCUT2D eigenvalue weighted by molar-refractivity contribution is 0.181. The van der Waals surface area contributed by atoms with Gasteiger partial charge in [0.1, 0.15) is 0 Å². The normalized spacial score (nSPS) is 21.8. The predicted molar refractivity (Wildman–Crippen MR) is 78.8 cm³/mol. The minimum Gasteiger partial charge on any atom is -0.490 e. The number of rotatable bonds is 7. The van der Waals surface area contributed by atoms with Gasteiger partial charge in [0.2, 0.25) is 5.82 Å². The zero-order chi connectivity index (χ0) is 15.9. The van der Waals surface area contributed by atoms with E-state index >= 15 is 0 Å². The topological polar surface area (TPSA) is 29.5 Å². The van der Waals surface area contributed by atoms with Crippen molar-refractivity contribution >= 4 is 0 Å². The molecular formula is C17H23F3O2. The van der Waals surface area contributed by atoms with E-state index in [1.54, 1.807) is 6.07 Å². The second-order valence-electron chi connectivity index (χ2n) is 5.93. The van der Waals surface area contributed by atoms with E-state index in [2.05, 4.69) is 0 Å². The van der Waals surface area contributed by atoms with Gasteiger partial charge in [-0.1, -0.05) is 6.07 Å². The van der Waals surface area contributed by atoms with Crippen LogP contribution >= 0.6 is 0 Å². The summed E-state index contributed by atoms with van der Waals surface area (Å²) in [5, 5.41) is 9.13. The van der Waals surface area contributed by atoms with Gasteiger partial charge in [0.05, 0.1) is 13.3 Å². The molecule has 5 heteroatoms. The van der Waals surface area contributed by atoms with Crippen LogP contribution < -0.4 is 4.74 Å². The third-order valence-corrected chi connectivity index (χ3v) is 4.41. The van der Waals surface area contributed by atoms with Crippen molar-refractivity contribution in [3.05, 3.63) is 29.3 Å². The van der Waals surface area contributed by atoms with E-state index in [4.69, 9.17) is 9.84 Å². The summed E-state index contributed by atoms with van der Waals surface area (Å²) in [6.45, 7) is -0.0912. The van der Waals surface area contributed by atoms with Crippen molar-refractivity contribution in [2.45, 2.75) is 44.4 Å². The van der Waals surface area contributed by atoms with Crippen molar-refractivity contribution in [2.75, 3.05) is 19.9 Å². The van der Waals surface area contributed by atoms with Crippen molar-refractivity contribution in [3.63, 3.8) is 0 Å². The molecule has 1 aliphatic rings. The molecule has 0 aromatic heterocycles. The molecule has 1 N–H and O–H groups in total. The molecular weight excluding hydrogens is 293 g/mol. The van der Waals surface area contributed by atoms with Crippen LogP contribution in [0.5, 0.6) is 5.75 Å². The molecule has 0 atom stereocenters. The summed E-state index contributed by atoms with van der Waals surface area (Å²) in [4.78, 5) is 0. The Bertz CT molecular complexity index is 471. The second kappa shape index (κ2) is 8.42. The molecule has 0 spiro atoms. The zero-order valence-electron chi connectivity index (χ0n) is 12.7. The molecule has 0 bridgehead atoms. The van der Waals surface area contributed by atoms with Crippen LogP contribution in [0.3, 0.4) is 0 Å². The lowest BCUT2D eigenvalue weighted by Crippen LogP contribution is -2.17. The van der Waals surface area contributed by atoms with E-state index in [0.717, 1.165) is 25.7 Å². The van der Waals surface area contributed by atoms with Crippen molar-refractivity contribution in [3.8, 4) is 5.75 Å². The summed E-state index contributed by atoms with van der Waals surface area (Å²) in [7, 11) is 0. The predicted octanol–water partition coefficient (Wildman–Crippen LogP) is 4.36. The number of halogens is 3. The van der Waals surface area contributed by atoms with E-state index < -0.39 is 18.3 Å². The van der Waals surface area contributed by atoms with Crippen LogP contribution in [0.25, 0.3) is 0 Å². The lowest BCUT2D eigenvalue weighted by Gasteiger charge is -2.28. The maximum Gasteiger partial charge on any atom is 0.200 e. The van der Waals surface area contributed by atoms with Gasteiger partial charge in [-0.15, -0.1) is 0 Å². The first kappa shape index (κ1) is 17.1. The Morgan fingerprint density at radius 3 is 2.41 bits per heavy atom. The maximum atomic E-state index is 14.2. The smallest absolute Gasteiger partial charge is 0.200 e. The fourth-order valence-corrected chi connectivity index (χ4v) is 3.01. The summed E-state index contributed by atoms with van der Waals surface area (Å²) in [6, 6.07) is 3.05. The van der Waals surface area contributed by atoms with Gasteiger partial charge in [-0.05, 0) is 62.0 Å². The van der Waals surface area contributed by atoms with Crippen LogP contribution in [0.2, 0.25) is 0 Å². The van der Waals surface area contributed by atoms with E-state index in [0.29, 0.717) is 18.4 Å². The van der Waals surface area contributed by atoms with Gasteiger partial charge in [-0.25, -0.2) is 4.39 Å². The molecule has 0 saturated heterocycles. The summed E-state index contributed by atoms with van der Waals surface area (Å²) in [5.41, 5.74) is 0.394. The Morgan fingerprint density at radius 2 is 1.77 bits per heavy atom. The van der Waals surface area contributed by atoms with E-state index in [1.165, 1.54) is 6.07 Å². The highest BCUT2D eigenvalue weighted by Crippen LogP contribution is 2.38. The van der Waals surface area contributed by atoms with Crippen LogP contribution in [0.1, 0.15) is 50.0 Å². The summed E-state index contributed by atoms with van der Waals surface area (Å²) in [6.07, 6.45) is 4.03. The monoisotopic (exact) mass is 316 g/mol.